The van der Waals surface area contributed by atoms with E-state index in [1.54, 1.807) is 0 Å². The number of aliphatic hydroxyl groups is 1. The molecule has 4 heteroatoms. The molecule has 0 aromatic rings. The van der Waals surface area contributed by atoms with Gasteiger partial charge in [0.25, 0.3) is 0 Å². The Kier molecular flexibility index (Phi) is 1.53. The Morgan fingerprint density at radius 1 is 1.40 bits per heavy atom. The molecule has 1 aliphatic rings. The maximum absolute atomic E-state index is 10.5. The third-order valence-electron chi connectivity index (χ3n) is 1.05. The van der Waals surface area contributed by atoms with Crippen molar-refractivity contribution >= 4 is 11.5 Å². The summed E-state index contributed by atoms with van der Waals surface area (Å²) in [6, 6.07) is 0. The minimum Gasteiger partial charge on any atom is -0.505 e. The summed E-state index contributed by atoms with van der Waals surface area (Å²) in [6.45, 7) is 0. The normalized spacial score (nSPS) is 21.4. The van der Waals surface area contributed by atoms with E-state index in [0.29, 0.717) is 0 Å². The van der Waals surface area contributed by atoms with Crippen molar-refractivity contribution in [2.24, 2.45) is 5.16 Å². The molecule has 0 aromatic heterocycles. The summed E-state index contributed by atoms with van der Waals surface area (Å²) < 4.78 is 0. The standard InChI is InChI=1S/C6H5NO3/c8-4-1-2-5(7-10)6(9)3-4/h1-3,9-10H. The van der Waals surface area contributed by atoms with Crippen LogP contribution in [-0.4, -0.2) is 21.8 Å². The van der Waals surface area contributed by atoms with Gasteiger partial charge in [0.1, 0.15) is 11.5 Å². The van der Waals surface area contributed by atoms with Gasteiger partial charge in [0.2, 0.25) is 0 Å². The summed E-state index contributed by atoms with van der Waals surface area (Å²) in [5.41, 5.74) is -0.000370. The van der Waals surface area contributed by atoms with E-state index in [2.05, 4.69) is 5.16 Å². The first kappa shape index (κ1) is 6.54. The van der Waals surface area contributed by atoms with Crippen molar-refractivity contribution in [2.45, 2.75) is 0 Å². The lowest BCUT2D eigenvalue weighted by molar-refractivity contribution is -0.110. The zero-order valence-electron chi connectivity index (χ0n) is 4.98. The van der Waals surface area contributed by atoms with Crippen molar-refractivity contribution in [2.75, 3.05) is 0 Å². The predicted molar refractivity (Wildman–Crippen MR) is 34.1 cm³/mol. The number of ketones is 1. The lowest BCUT2D eigenvalue weighted by atomic mass is 10.1. The van der Waals surface area contributed by atoms with Crippen molar-refractivity contribution < 1.29 is 15.1 Å². The molecule has 0 spiro atoms. The van der Waals surface area contributed by atoms with Crippen molar-refractivity contribution in [3.63, 3.8) is 0 Å². The first-order valence-electron chi connectivity index (χ1n) is 2.59. The maximum Gasteiger partial charge on any atom is 0.182 e. The highest BCUT2D eigenvalue weighted by Crippen LogP contribution is 2.02. The summed E-state index contributed by atoms with van der Waals surface area (Å²) in [6.07, 6.45) is 3.42. The van der Waals surface area contributed by atoms with Crippen LogP contribution in [0, 0.1) is 0 Å². The number of nitrogens with zero attached hydrogens (tertiary/aromatic N) is 1. The molecule has 0 saturated carbocycles. The molecule has 0 radical (unpaired) electrons. The van der Waals surface area contributed by atoms with Crippen LogP contribution < -0.4 is 0 Å². The lowest BCUT2D eigenvalue weighted by Crippen LogP contribution is -2.06. The van der Waals surface area contributed by atoms with Gasteiger partial charge in [-0.2, -0.15) is 0 Å². The Morgan fingerprint density at radius 2 is 2.10 bits per heavy atom. The topological polar surface area (TPSA) is 69.9 Å². The van der Waals surface area contributed by atoms with E-state index in [1.807, 2.05) is 0 Å². The molecule has 0 amide bonds. The number of hydrogen-bond donors (Lipinski definition) is 2. The number of carbonyl (C=O) groups excluding carboxylic acids is 1. The first-order valence-corrected chi connectivity index (χ1v) is 2.59. The average Bonchev–Trinajstić information content (AvgIpc) is 1.88. The van der Waals surface area contributed by atoms with Gasteiger partial charge in [-0.05, 0) is 12.2 Å². The Bertz CT molecular complexity index is 250. The van der Waals surface area contributed by atoms with E-state index in [-0.39, 0.29) is 17.3 Å². The summed E-state index contributed by atoms with van der Waals surface area (Å²) in [7, 11) is 0. The summed E-state index contributed by atoms with van der Waals surface area (Å²) in [5.74, 6) is -0.625. The molecule has 0 aromatic carbocycles. The molecule has 0 atom stereocenters. The average molecular weight is 139 g/mol. The molecule has 4 nitrogen and oxygen atoms in total. The number of allylic oxidation sites excluding steroid dienone is 3. The van der Waals surface area contributed by atoms with Crippen LogP contribution in [0.15, 0.2) is 29.1 Å². The molecule has 10 heavy (non-hydrogen) atoms. The fourth-order valence-corrected chi connectivity index (χ4v) is 0.588. The van der Waals surface area contributed by atoms with Crippen LogP contribution in [0.4, 0.5) is 0 Å². The number of oxime groups is 1. The molecular formula is C6H5NO3. The van der Waals surface area contributed by atoms with Crippen LogP contribution in [0.3, 0.4) is 0 Å². The van der Waals surface area contributed by atoms with E-state index in [1.165, 1.54) is 12.2 Å². The third-order valence-corrected chi connectivity index (χ3v) is 1.05. The highest BCUT2D eigenvalue weighted by Gasteiger charge is 2.09. The van der Waals surface area contributed by atoms with Crippen LogP contribution in [0.2, 0.25) is 0 Å². The number of rotatable bonds is 0. The predicted octanol–water partition coefficient (Wildman–Crippen LogP) is 0.397. The van der Waals surface area contributed by atoms with Gasteiger partial charge < -0.3 is 10.3 Å². The molecule has 0 heterocycles. The second kappa shape index (κ2) is 2.34. The zero-order chi connectivity index (χ0) is 7.56. The summed E-state index contributed by atoms with van der Waals surface area (Å²) in [5, 5.41) is 19.7. The molecule has 0 unspecified atom stereocenters. The highest BCUT2D eigenvalue weighted by molar-refractivity contribution is 6.18. The number of carbonyl (C=O) groups is 1. The van der Waals surface area contributed by atoms with Gasteiger partial charge >= 0.3 is 0 Å². The molecule has 0 bridgehead atoms. The fraction of sp³-hybridized carbons (Fsp3) is 0. The van der Waals surface area contributed by atoms with Gasteiger partial charge in [-0.1, -0.05) is 5.16 Å². The highest BCUT2D eigenvalue weighted by atomic mass is 16.4. The quantitative estimate of drug-likeness (QED) is 0.290. The minimum absolute atomic E-state index is 0.000370. The second-order valence-corrected chi connectivity index (χ2v) is 1.75. The van der Waals surface area contributed by atoms with Crippen molar-refractivity contribution in [1.29, 1.82) is 0 Å². The van der Waals surface area contributed by atoms with Gasteiger partial charge in [0.15, 0.2) is 5.78 Å². The Balaban J connectivity index is 2.97. The van der Waals surface area contributed by atoms with E-state index in [0.717, 1.165) is 6.08 Å². The summed E-state index contributed by atoms with van der Waals surface area (Å²) in [4.78, 5) is 10.5. The van der Waals surface area contributed by atoms with E-state index in [9.17, 15) is 4.79 Å². The van der Waals surface area contributed by atoms with Crippen molar-refractivity contribution in [3.05, 3.63) is 24.0 Å². The third kappa shape index (κ3) is 1.05. The molecule has 2 N–H and O–H groups in total. The zero-order valence-corrected chi connectivity index (χ0v) is 4.98. The van der Waals surface area contributed by atoms with Gasteiger partial charge in [0.05, 0.1) is 0 Å². The second-order valence-electron chi connectivity index (χ2n) is 1.75. The van der Waals surface area contributed by atoms with Gasteiger partial charge in [-0.3, -0.25) is 4.79 Å². The SMILES string of the molecule is O=C1C=CC(=NO)C(O)=C1. The number of aliphatic hydroxyl groups excluding tert-OH is 1. The summed E-state index contributed by atoms with van der Waals surface area (Å²) >= 11 is 0. The molecule has 1 rings (SSSR count). The fourth-order valence-electron chi connectivity index (χ4n) is 0.588. The van der Waals surface area contributed by atoms with E-state index in [4.69, 9.17) is 10.3 Å². The number of hydrogen-bond acceptors (Lipinski definition) is 4. The lowest BCUT2D eigenvalue weighted by Gasteiger charge is -1.99. The van der Waals surface area contributed by atoms with Crippen LogP contribution in [-0.2, 0) is 4.79 Å². The molecule has 1 aliphatic carbocycles. The largest absolute Gasteiger partial charge is 0.505 e. The first-order chi connectivity index (χ1) is 4.74. The van der Waals surface area contributed by atoms with E-state index >= 15 is 0 Å². The molecule has 0 saturated heterocycles. The van der Waals surface area contributed by atoms with Gasteiger partial charge in [-0.25, -0.2) is 0 Å². The van der Waals surface area contributed by atoms with E-state index < -0.39 is 0 Å². The van der Waals surface area contributed by atoms with Crippen molar-refractivity contribution in [1.82, 2.24) is 0 Å². The van der Waals surface area contributed by atoms with Crippen LogP contribution in [0.5, 0.6) is 0 Å². The Labute approximate surface area is 56.8 Å². The Morgan fingerprint density at radius 3 is 2.60 bits per heavy atom. The Hall–Kier alpha value is -1.58. The van der Waals surface area contributed by atoms with Crippen LogP contribution in [0.1, 0.15) is 0 Å². The van der Waals surface area contributed by atoms with Gasteiger partial charge in [-0.15, -0.1) is 0 Å². The molecule has 0 aliphatic heterocycles. The van der Waals surface area contributed by atoms with Gasteiger partial charge in [0, 0.05) is 6.08 Å². The monoisotopic (exact) mass is 139 g/mol. The molecular weight excluding hydrogens is 134 g/mol. The van der Waals surface area contributed by atoms with Crippen LogP contribution in [0.25, 0.3) is 0 Å². The van der Waals surface area contributed by atoms with Crippen LogP contribution >= 0.6 is 0 Å². The smallest absolute Gasteiger partial charge is 0.182 e. The maximum atomic E-state index is 10.5. The minimum atomic E-state index is -0.315. The molecule has 0 fully saturated rings. The molecule has 52 valence electrons. The van der Waals surface area contributed by atoms with Crippen molar-refractivity contribution in [3.8, 4) is 0 Å².